The van der Waals surface area contributed by atoms with E-state index >= 15 is 0 Å². The number of para-hydroxylation sites is 2. The summed E-state index contributed by atoms with van der Waals surface area (Å²) in [5.74, 6) is 2.55. The summed E-state index contributed by atoms with van der Waals surface area (Å²) in [4.78, 5) is 20.4. The number of carbonyl (C=O) groups is 1. The molecule has 1 amide bonds. The molecule has 1 aromatic carbocycles. The monoisotopic (exact) mass is 343 g/mol. The second-order valence-electron chi connectivity index (χ2n) is 7.46. The highest BCUT2D eigenvalue weighted by Crippen LogP contribution is 2.49. The number of benzene rings is 1. The molecule has 1 heterocycles. The average molecular weight is 343 g/mol. The third-order valence-electron chi connectivity index (χ3n) is 5.83. The Morgan fingerprint density at radius 3 is 2.83 bits per heavy atom. The number of amides is 1. The summed E-state index contributed by atoms with van der Waals surface area (Å²) in [6.07, 6.45) is 5.45. The van der Waals surface area contributed by atoms with E-state index in [1.165, 1.54) is 37.4 Å². The molecule has 2 saturated carbocycles. The Morgan fingerprint density at radius 2 is 2.12 bits per heavy atom. The molecular weight excluding hydrogens is 318 g/mol. The molecule has 0 radical (unpaired) electrons. The van der Waals surface area contributed by atoms with Gasteiger partial charge < -0.3 is 10.3 Å². The van der Waals surface area contributed by atoms with Crippen LogP contribution in [0.15, 0.2) is 29.4 Å². The van der Waals surface area contributed by atoms with Crippen LogP contribution < -0.4 is 5.32 Å². The van der Waals surface area contributed by atoms with Crippen LogP contribution in [0.1, 0.15) is 39.5 Å². The number of nitrogens with one attached hydrogen (secondary N) is 2. The van der Waals surface area contributed by atoms with Crippen LogP contribution in [0.5, 0.6) is 0 Å². The Bertz CT molecular complexity index is 710. The van der Waals surface area contributed by atoms with Gasteiger partial charge in [0.1, 0.15) is 0 Å². The molecule has 2 aliphatic carbocycles. The van der Waals surface area contributed by atoms with Crippen molar-refractivity contribution < 1.29 is 4.79 Å². The lowest BCUT2D eigenvalue weighted by atomic mass is 9.84. The van der Waals surface area contributed by atoms with Crippen molar-refractivity contribution in [2.24, 2.45) is 17.8 Å². The van der Waals surface area contributed by atoms with Crippen molar-refractivity contribution in [3.63, 3.8) is 0 Å². The molecule has 0 saturated heterocycles. The highest BCUT2D eigenvalue weighted by Gasteiger charge is 2.42. The molecular formula is C19H25N3OS. The first-order chi connectivity index (χ1) is 11.6. The zero-order valence-electron chi connectivity index (χ0n) is 14.3. The van der Waals surface area contributed by atoms with Gasteiger partial charge in [0, 0.05) is 6.04 Å². The number of aromatic amines is 1. The number of thioether (sulfide) groups is 1. The number of rotatable bonds is 5. The zero-order chi connectivity index (χ0) is 16.7. The van der Waals surface area contributed by atoms with E-state index < -0.39 is 0 Å². The molecule has 5 atom stereocenters. The zero-order valence-corrected chi connectivity index (χ0v) is 15.1. The Balaban J connectivity index is 1.35. The molecule has 2 bridgehead atoms. The van der Waals surface area contributed by atoms with Crippen molar-refractivity contribution in [3.05, 3.63) is 24.3 Å². The van der Waals surface area contributed by atoms with Crippen molar-refractivity contribution in [1.29, 1.82) is 0 Å². The van der Waals surface area contributed by atoms with Gasteiger partial charge in [-0.25, -0.2) is 4.98 Å². The topological polar surface area (TPSA) is 57.8 Å². The van der Waals surface area contributed by atoms with Gasteiger partial charge in [0.2, 0.25) is 5.91 Å². The lowest BCUT2D eigenvalue weighted by Gasteiger charge is -2.29. The van der Waals surface area contributed by atoms with Gasteiger partial charge in [0.15, 0.2) is 5.16 Å². The predicted octanol–water partition coefficient (Wildman–Crippen LogP) is 3.98. The Hall–Kier alpha value is -1.49. The fraction of sp³-hybridized carbons (Fsp3) is 0.579. The lowest BCUT2D eigenvalue weighted by Crippen LogP contribution is -2.43. The maximum Gasteiger partial charge on any atom is 0.233 e. The van der Waals surface area contributed by atoms with Crippen molar-refractivity contribution in [3.8, 4) is 0 Å². The first-order valence-corrected chi connectivity index (χ1v) is 9.90. The van der Waals surface area contributed by atoms with Gasteiger partial charge in [-0.05, 0) is 63.0 Å². The second kappa shape index (κ2) is 6.43. The molecule has 2 aromatic rings. The van der Waals surface area contributed by atoms with Crippen LogP contribution in [0.2, 0.25) is 0 Å². The number of aromatic nitrogens is 2. The third-order valence-corrected chi connectivity index (χ3v) is 6.81. The van der Waals surface area contributed by atoms with Crippen molar-refractivity contribution in [2.75, 3.05) is 0 Å². The molecule has 128 valence electrons. The van der Waals surface area contributed by atoms with E-state index in [-0.39, 0.29) is 17.2 Å². The number of H-pyrrole nitrogens is 1. The van der Waals surface area contributed by atoms with E-state index in [0.29, 0.717) is 5.92 Å². The van der Waals surface area contributed by atoms with Crippen molar-refractivity contribution in [1.82, 2.24) is 15.3 Å². The van der Waals surface area contributed by atoms with Gasteiger partial charge >= 0.3 is 0 Å². The van der Waals surface area contributed by atoms with Crippen LogP contribution in [0.4, 0.5) is 0 Å². The SMILES string of the molecule is C[C@H](Sc1nc2ccccc2[nH]1)C(=O)N[C@@H](C)[C@@H]1C[C@H]2CC[C@H]1C2. The minimum absolute atomic E-state index is 0.121. The van der Waals surface area contributed by atoms with Gasteiger partial charge in [0.05, 0.1) is 16.3 Å². The maximum absolute atomic E-state index is 12.6. The second-order valence-corrected chi connectivity index (χ2v) is 8.78. The lowest BCUT2D eigenvalue weighted by molar-refractivity contribution is -0.121. The smallest absolute Gasteiger partial charge is 0.233 e. The van der Waals surface area contributed by atoms with Gasteiger partial charge in [-0.2, -0.15) is 0 Å². The summed E-state index contributed by atoms with van der Waals surface area (Å²) in [6.45, 7) is 4.14. The third kappa shape index (κ3) is 3.06. The van der Waals surface area contributed by atoms with Crippen LogP contribution in [-0.4, -0.2) is 27.2 Å². The number of imidazole rings is 1. The Labute approximate surface area is 147 Å². The van der Waals surface area contributed by atoms with Crippen LogP contribution in [0.25, 0.3) is 11.0 Å². The van der Waals surface area contributed by atoms with Gasteiger partial charge in [-0.15, -0.1) is 0 Å². The van der Waals surface area contributed by atoms with Gasteiger partial charge in [0.25, 0.3) is 0 Å². The molecule has 4 nitrogen and oxygen atoms in total. The van der Waals surface area contributed by atoms with E-state index in [1.807, 2.05) is 31.2 Å². The number of fused-ring (bicyclic) bond motifs is 3. The average Bonchev–Trinajstić information content (AvgIpc) is 3.28. The minimum atomic E-state index is -0.147. The molecule has 4 rings (SSSR count). The Morgan fingerprint density at radius 1 is 1.29 bits per heavy atom. The van der Waals surface area contributed by atoms with Crippen molar-refractivity contribution >= 4 is 28.7 Å². The molecule has 1 aromatic heterocycles. The van der Waals surface area contributed by atoms with E-state index in [1.54, 1.807) is 0 Å². The highest BCUT2D eigenvalue weighted by molar-refractivity contribution is 8.00. The molecule has 2 aliphatic rings. The molecule has 0 unspecified atom stereocenters. The molecule has 2 N–H and O–H groups in total. The highest BCUT2D eigenvalue weighted by atomic mass is 32.2. The van der Waals surface area contributed by atoms with Crippen LogP contribution in [0, 0.1) is 17.8 Å². The Kier molecular flexibility index (Phi) is 4.29. The van der Waals surface area contributed by atoms with Crippen LogP contribution in [0.3, 0.4) is 0 Å². The van der Waals surface area contributed by atoms with Crippen molar-refractivity contribution in [2.45, 2.75) is 56.0 Å². The quantitative estimate of drug-likeness (QED) is 0.807. The summed E-state index contributed by atoms with van der Waals surface area (Å²) in [5, 5.41) is 3.92. The summed E-state index contributed by atoms with van der Waals surface area (Å²) in [7, 11) is 0. The van der Waals surface area contributed by atoms with E-state index in [9.17, 15) is 4.79 Å². The standard InChI is InChI=1S/C19H25N3OS/c1-11(15-10-13-7-8-14(15)9-13)20-18(23)12(2)24-19-21-16-5-3-4-6-17(16)22-19/h3-6,11-15H,7-10H2,1-2H3,(H,20,23)(H,21,22)/t11-,12-,13-,14-,15-/m0/s1. The van der Waals surface area contributed by atoms with Crippen LogP contribution in [-0.2, 0) is 4.79 Å². The van der Waals surface area contributed by atoms with E-state index in [2.05, 4.69) is 22.2 Å². The van der Waals surface area contributed by atoms with Crippen LogP contribution >= 0.6 is 11.8 Å². The number of nitrogens with zero attached hydrogens (tertiary/aromatic N) is 1. The van der Waals surface area contributed by atoms with Gasteiger partial charge in [-0.3, -0.25) is 4.79 Å². The number of hydrogen-bond acceptors (Lipinski definition) is 3. The molecule has 24 heavy (non-hydrogen) atoms. The fourth-order valence-corrected chi connectivity index (χ4v) is 5.39. The summed E-state index contributed by atoms with van der Waals surface area (Å²) >= 11 is 1.50. The normalized spacial score (nSPS) is 28.2. The molecule has 0 spiro atoms. The maximum atomic E-state index is 12.6. The number of hydrogen-bond donors (Lipinski definition) is 2. The van der Waals surface area contributed by atoms with E-state index in [4.69, 9.17) is 0 Å². The van der Waals surface area contributed by atoms with Gasteiger partial charge in [-0.1, -0.05) is 30.3 Å². The molecule has 5 heteroatoms. The first kappa shape index (κ1) is 16.0. The predicted molar refractivity (Wildman–Crippen MR) is 98.0 cm³/mol. The van der Waals surface area contributed by atoms with E-state index in [0.717, 1.165) is 28.0 Å². The summed E-state index contributed by atoms with van der Waals surface area (Å²) in [5.41, 5.74) is 1.96. The first-order valence-electron chi connectivity index (χ1n) is 9.02. The summed E-state index contributed by atoms with van der Waals surface area (Å²) < 4.78 is 0. The number of carbonyl (C=O) groups excluding carboxylic acids is 1. The summed E-state index contributed by atoms with van der Waals surface area (Å²) in [6, 6.07) is 8.24. The largest absolute Gasteiger partial charge is 0.352 e. The molecule has 2 fully saturated rings. The fourth-order valence-electron chi connectivity index (χ4n) is 4.56. The minimum Gasteiger partial charge on any atom is -0.352 e. The molecule has 0 aliphatic heterocycles.